The molecule has 0 amide bonds. The highest BCUT2D eigenvalue weighted by Gasteiger charge is 2.12. The van der Waals surface area contributed by atoms with Gasteiger partial charge in [0.2, 0.25) is 0 Å². The normalized spacial score (nSPS) is 11.0. The maximum Gasteiger partial charge on any atom is 0.569 e. The molecule has 4 heteroatoms. The summed E-state index contributed by atoms with van der Waals surface area (Å²) in [5, 5.41) is 10.8. The summed E-state index contributed by atoms with van der Waals surface area (Å²) >= 11 is 0. The monoisotopic (exact) mass is 287 g/mol. The van der Waals surface area contributed by atoms with Crippen LogP contribution in [0.25, 0.3) is 33.1 Å². The standard InChI is InChI=1S/C18H12BO3/c20-19-22-13-9-10-17-16(11-13)15-8-4-7-14(18(15)21-17)12-5-2-1-3-6-12/h1-11,20H. The van der Waals surface area contributed by atoms with Crippen molar-refractivity contribution in [2.24, 2.45) is 0 Å². The lowest BCUT2D eigenvalue weighted by Gasteiger charge is -2.02. The third-order valence-corrected chi connectivity index (χ3v) is 3.74. The Morgan fingerprint density at radius 3 is 2.55 bits per heavy atom. The lowest BCUT2D eigenvalue weighted by atomic mass is 10.0. The van der Waals surface area contributed by atoms with Gasteiger partial charge in [-0.05, 0) is 23.8 Å². The summed E-state index contributed by atoms with van der Waals surface area (Å²) in [4.78, 5) is 0. The highest BCUT2D eigenvalue weighted by molar-refractivity contribution is 6.17. The van der Waals surface area contributed by atoms with Crippen LogP contribution in [0.15, 0.2) is 71.1 Å². The number of hydrogen-bond acceptors (Lipinski definition) is 3. The van der Waals surface area contributed by atoms with Crippen molar-refractivity contribution in [3.63, 3.8) is 0 Å². The predicted octanol–water partition coefficient (Wildman–Crippen LogP) is 4.16. The molecular weight excluding hydrogens is 275 g/mol. The first kappa shape index (κ1) is 13.0. The molecule has 1 heterocycles. The lowest BCUT2D eigenvalue weighted by Crippen LogP contribution is -1.98. The van der Waals surface area contributed by atoms with Crippen molar-refractivity contribution in [1.82, 2.24) is 0 Å². The topological polar surface area (TPSA) is 42.6 Å². The summed E-state index contributed by atoms with van der Waals surface area (Å²) in [5.41, 5.74) is 3.83. The van der Waals surface area contributed by atoms with Crippen molar-refractivity contribution >= 4 is 29.6 Å². The molecule has 0 aliphatic heterocycles. The third-order valence-electron chi connectivity index (χ3n) is 3.74. The van der Waals surface area contributed by atoms with Crippen LogP contribution >= 0.6 is 0 Å². The van der Waals surface area contributed by atoms with Crippen LogP contribution in [0.4, 0.5) is 0 Å². The minimum Gasteiger partial charge on any atom is -0.537 e. The molecule has 0 unspecified atom stereocenters. The van der Waals surface area contributed by atoms with E-state index in [2.05, 4.69) is 18.2 Å². The van der Waals surface area contributed by atoms with Crippen LogP contribution in [-0.2, 0) is 0 Å². The van der Waals surface area contributed by atoms with Gasteiger partial charge in [-0.2, -0.15) is 0 Å². The number of fused-ring (bicyclic) bond motifs is 3. The first-order valence-electron chi connectivity index (χ1n) is 7.00. The van der Waals surface area contributed by atoms with Crippen molar-refractivity contribution in [2.45, 2.75) is 0 Å². The van der Waals surface area contributed by atoms with Crippen LogP contribution in [-0.4, -0.2) is 12.7 Å². The van der Waals surface area contributed by atoms with E-state index in [1.807, 2.05) is 42.5 Å². The van der Waals surface area contributed by atoms with Gasteiger partial charge in [0, 0.05) is 16.3 Å². The molecule has 3 aromatic carbocycles. The molecule has 0 spiro atoms. The molecule has 0 fully saturated rings. The number of para-hydroxylation sites is 1. The second kappa shape index (κ2) is 5.24. The minimum absolute atomic E-state index is 0.572. The van der Waals surface area contributed by atoms with Gasteiger partial charge in [-0.25, -0.2) is 0 Å². The SMILES string of the molecule is O[B]Oc1ccc2oc3c(-c4ccccc4)cccc3c2c1. The fourth-order valence-corrected chi connectivity index (χ4v) is 2.76. The molecule has 0 bridgehead atoms. The number of furan rings is 1. The minimum atomic E-state index is 0.572. The van der Waals surface area contributed by atoms with Crippen LogP contribution in [0.2, 0.25) is 0 Å². The molecule has 0 saturated carbocycles. The zero-order valence-corrected chi connectivity index (χ0v) is 11.7. The Bertz CT molecular complexity index is 945. The number of benzene rings is 3. The van der Waals surface area contributed by atoms with Gasteiger partial charge in [0.05, 0.1) is 0 Å². The summed E-state index contributed by atoms with van der Waals surface area (Å²) in [7, 11) is 0.679. The largest absolute Gasteiger partial charge is 0.569 e. The summed E-state index contributed by atoms with van der Waals surface area (Å²) in [6.07, 6.45) is 0. The quantitative estimate of drug-likeness (QED) is 0.575. The smallest absolute Gasteiger partial charge is 0.537 e. The average molecular weight is 287 g/mol. The Morgan fingerprint density at radius 1 is 0.864 bits per heavy atom. The number of hydrogen-bond donors (Lipinski definition) is 1. The lowest BCUT2D eigenvalue weighted by molar-refractivity contribution is 0.454. The fraction of sp³-hybridized carbons (Fsp3) is 0. The zero-order chi connectivity index (χ0) is 14.9. The average Bonchev–Trinajstić information content (AvgIpc) is 2.94. The molecule has 105 valence electrons. The van der Waals surface area contributed by atoms with Gasteiger partial charge in [-0.1, -0.05) is 48.5 Å². The zero-order valence-electron chi connectivity index (χ0n) is 11.7. The van der Waals surface area contributed by atoms with E-state index in [9.17, 15) is 0 Å². The van der Waals surface area contributed by atoms with Gasteiger partial charge in [0.1, 0.15) is 16.9 Å². The van der Waals surface area contributed by atoms with E-state index < -0.39 is 0 Å². The van der Waals surface area contributed by atoms with Gasteiger partial charge in [0.15, 0.2) is 0 Å². The van der Waals surface area contributed by atoms with Crippen molar-refractivity contribution < 1.29 is 14.1 Å². The maximum atomic E-state index is 8.78. The Hall–Kier alpha value is -2.72. The first-order valence-corrected chi connectivity index (χ1v) is 7.00. The summed E-state index contributed by atoms with van der Waals surface area (Å²) in [5.74, 6) is 0.572. The van der Waals surface area contributed by atoms with Crippen molar-refractivity contribution in [2.75, 3.05) is 0 Å². The van der Waals surface area contributed by atoms with Crippen molar-refractivity contribution in [3.8, 4) is 16.9 Å². The van der Waals surface area contributed by atoms with Crippen LogP contribution < -0.4 is 4.65 Å². The van der Waals surface area contributed by atoms with Gasteiger partial charge in [-0.15, -0.1) is 0 Å². The van der Waals surface area contributed by atoms with Gasteiger partial charge < -0.3 is 14.1 Å². The molecule has 0 aliphatic rings. The molecule has 0 aliphatic carbocycles. The summed E-state index contributed by atoms with van der Waals surface area (Å²) in [6, 6.07) is 21.7. The second-order valence-electron chi connectivity index (χ2n) is 5.03. The van der Waals surface area contributed by atoms with E-state index in [0.717, 1.165) is 33.1 Å². The van der Waals surface area contributed by atoms with E-state index in [1.54, 1.807) is 6.07 Å². The molecule has 1 aromatic heterocycles. The van der Waals surface area contributed by atoms with E-state index in [1.165, 1.54) is 0 Å². The van der Waals surface area contributed by atoms with Crippen LogP contribution in [0.3, 0.4) is 0 Å². The molecule has 0 atom stereocenters. The van der Waals surface area contributed by atoms with Crippen LogP contribution in [0.5, 0.6) is 5.75 Å². The van der Waals surface area contributed by atoms with Gasteiger partial charge in [0.25, 0.3) is 0 Å². The Kier molecular flexibility index (Phi) is 3.09. The Morgan fingerprint density at radius 2 is 1.73 bits per heavy atom. The molecule has 4 rings (SSSR count). The predicted molar refractivity (Wildman–Crippen MR) is 87.8 cm³/mol. The van der Waals surface area contributed by atoms with Crippen molar-refractivity contribution in [3.05, 3.63) is 66.7 Å². The first-order chi connectivity index (χ1) is 10.9. The van der Waals surface area contributed by atoms with Crippen molar-refractivity contribution in [1.29, 1.82) is 0 Å². The van der Waals surface area contributed by atoms with Crippen LogP contribution in [0, 0.1) is 0 Å². The maximum absolute atomic E-state index is 8.78. The fourth-order valence-electron chi connectivity index (χ4n) is 2.76. The Labute approximate surface area is 128 Å². The highest BCUT2D eigenvalue weighted by atomic mass is 16.5. The van der Waals surface area contributed by atoms with E-state index in [4.69, 9.17) is 14.1 Å². The molecular formula is C18H12BO3. The Balaban J connectivity index is 1.99. The van der Waals surface area contributed by atoms with Gasteiger partial charge in [-0.3, -0.25) is 0 Å². The van der Waals surface area contributed by atoms with E-state index in [-0.39, 0.29) is 0 Å². The van der Waals surface area contributed by atoms with E-state index >= 15 is 0 Å². The number of rotatable bonds is 3. The molecule has 4 aromatic rings. The molecule has 22 heavy (non-hydrogen) atoms. The molecule has 1 N–H and O–H groups in total. The second-order valence-corrected chi connectivity index (χ2v) is 5.03. The van der Waals surface area contributed by atoms with E-state index in [0.29, 0.717) is 13.4 Å². The highest BCUT2D eigenvalue weighted by Crippen LogP contribution is 2.36. The summed E-state index contributed by atoms with van der Waals surface area (Å²) < 4.78 is 11.1. The van der Waals surface area contributed by atoms with Gasteiger partial charge >= 0.3 is 7.69 Å². The molecule has 3 nitrogen and oxygen atoms in total. The molecule has 1 radical (unpaired) electrons. The third kappa shape index (κ3) is 2.05. The molecule has 0 saturated heterocycles. The summed E-state index contributed by atoms with van der Waals surface area (Å²) in [6.45, 7) is 0. The van der Waals surface area contributed by atoms with Crippen LogP contribution in [0.1, 0.15) is 0 Å².